The van der Waals surface area contributed by atoms with Gasteiger partial charge in [0.15, 0.2) is 5.69 Å². The van der Waals surface area contributed by atoms with Crippen molar-refractivity contribution >= 4 is 5.91 Å². The van der Waals surface area contributed by atoms with Crippen molar-refractivity contribution in [1.29, 1.82) is 0 Å². The number of nitrogens with one attached hydrogen (secondary N) is 1. The van der Waals surface area contributed by atoms with Gasteiger partial charge in [-0.2, -0.15) is 5.10 Å². The maximum atomic E-state index is 12.6. The number of ether oxygens (including phenoxy) is 1. The van der Waals surface area contributed by atoms with Gasteiger partial charge in [-0.1, -0.05) is 22.9 Å². The first-order chi connectivity index (χ1) is 13.3. The summed E-state index contributed by atoms with van der Waals surface area (Å²) in [7, 11) is 0. The predicted molar refractivity (Wildman–Crippen MR) is 106 cm³/mol. The number of hydrogen-bond donors (Lipinski definition) is 1. The molecule has 2 aromatic heterocycles. The fourth-order valence-corrected chi connectivity index (χ4v) is 2.95. The predicted octanol–water partition coefficient (Wildman–Crippen LogP) is 3.35. The van der Waals surface area contributed by atoms with Gasteiger partial charge in [-0.15, -0.1) is 0 Å². The lowest BCUT2D eigenvalue weighted by molar-refractivity contribution is 0.0922. The molecule has 0 aliphatic rings. The Bertz CT molecular complexity index is 957. The summed E-state index contributed by atoms with van der Waals surface area (Å²) >= 11 is 0. The molecule has 0 bridgehead atoms. The van der Waals surface area contributed by atoms with E-state index in [0.29, 0.717) is 18.8 Å². The molecule has 1 unspecified atom stereocenters. The van der Waals surface area contributed by atoms with Crippen molar-refractivity contribution < 1.29 is 14.1 Å². The number of rotatable bonds is 7. The average Bonchev–Trinajstić information content (AvgIpc) is 3.17. The third-order valence-electron chi connectivity index (χ3n) is 4.52. The molecule has 0 aliphatic carbocycles. The van der Waals surface area contributed by atoms with E-state index in [1.165, 1.54) is 5.56 Å². The van der Waals surface area contributed by atoms with Crippen LogP contribution in [0, 0.1) is 27.7 Å². The second-order valence-electron chi connectivity index (χ2n) is 7.10. The van der Waals surface area contributed by atoms with Gasteiger partial charge in [0.05, 0.1) is 18.8 Å². The standard InChI is InChI=1S/C21H26N4O3/c1-13-6-8-18(9-7-13)27-16(4)11-22-21(26)20-19(17(5)28-24-20)12-25-15(3)10-14(2)23-25/h6-10,16H,11-12H2,1-5H3,(H,22,26). The van der Waals surface area contributed by atoms with E-state index in [9.17, 15) is 4.79 Å². The number of carbonyl (C=O) groups excluding carboxylic acids is 1. The summed E-state index contributed by atoms with van der Waals surface area (Å²) in [5.74, 6) is 1.10. The van der Waals surface area contributed by atoms with E-state index in [2.05, 4.69) is 15.6 Å². The first-order valence-corrected chi connectivity index (χ1v) is 9.31. The van der Waals surface area contributed by atoms with Crippen molar-refractivity contribution in [2.75, 3.05) is 6.54 Å². The summed E-state index contributed by atoms with van der Waals surface area (Å²) in [6.07, 6.45) is -0.181. The van der Waals surface area contributed by atoms with Crippen LogP contribution in [-0.2, 0) is 6.54 Å². The average molecular weight is 382 g/mol. The lowest BCUT2D eigenvalue weighted by Gasteiger charge is -2.15. The zero-order valence-corrected chi connectivity index (χ0v) is 16.9. The number of hydrogen-bond acceptors (Lipinski definition) is 5. The Hall–Kier alpha value is -3.09. The van der Waals surface area contributed by atoms with Crippen molar-refractivity contribution in [3.63, 3.8) is 0 Å². The minimum Gasteiger partial charge on any atom is -0.489 e. The Morgan fingerprint density at radius 1 is 1.21 bits per heavy atom. The summed E-state index contributed by atoms with van der Waals surface area (Å²) in [4.78, 5) is 12.6. The number of benzene rings is 1. The van der Waals surface area contributed by atoms with E-state index in [-0.39, 0.29) is 17.7 Å². The molecule has 0 saturated heterocycles. The molecule has 148 valence electrons. The van der Waals surface area contributed by atoms with Gasteiger partial charge >= 0.3 is 0 Å². The van der Waals surface area contributed by atoms with Crippen LogP contribution in [-0.4, -0.2) is 33.5 Å². The third kappa shape index (κ3) is 4.60. The molecule has 0 radical (unpaired) electrons. The van der Waals surface area contributed by atoms with Crippen molar-refractivity contribution in [1.82, 2.24) is 20.3 Å². The minimum absolute atomic E-state index is 0.181. The van der Waals surface area contributed by atoms with Crippen LogP contribution in [0.2, 0.25) is 0 Å². The van der Waals surface area contributed by atoms with Crippen molar-refractivity contribution in [2.24, 2.45) is 0 Å². The lowest BCUT2D eigenvalue weighted by Crippen LogP contribution is -2.34. The fourth-order valence-electron chi connectivity index (χ4n) is 2.95. The molecule has 0 saturated carbocycles. The number of nitrogens with zero attached hydrogens (tertiary/aromatic N) is 3. The second-order valence-corrected chi connectivity index (χ2v) is 7.10. The second kappa shape index (κ2) is 8.29. The van der Waals surface area contributed by atoms with Gasteiger partial charge in [0.1, 0.15) is 17.6 Å². The molecule has 3 aromatic rings. The first-order valence-electron chi connectivity index (χ1n) is 9.31. The molecule has 2 heterocycles. The molecule has 1 N–H and O–H groups in total. The van der Waals surface area contributed by atoms with Gasteiger partial charge in [-0.3, -0.25) is 9.48 Å². The van der Waals surface area contributed by atoms with Gasteiger partial charge in [0.2, 0.25) is 0 Å². The van der Waals surface area contributed by atoms with Gasteiger partial charge in [-0.25, -0.2) is 0 Å². The fraction of sp³-hybridized carbons (Fsp3) is 0.381. The third-order valence-corrected chi connectivity index (χ3v) is 4.52. The molecule has 0 fully saturated rings. The highest BCUT2D eigenvalue weighted by Gasteiger charge is 2.21. The van der Waals surface area contributed by atoms with Crippen LogP contribution in [0.15, 0.2) is 34.9 Å². The van der Waals surface area contributed by atoms with Crippen LogP contribution in [0.4, 0.5) is 0 Å². The van der Waals surface area contributed by atoms with Crippen LogP contribution < -0.4 is 10.1 Å². The van der Waals surface area contributed by atoms with Crippen LogP contribution in [0.5, 0.6) is 5.75 Å². The Morgan fingerprint density at radius 2 is 1.93 bits per heavy atom. The van der Waals surface area contributed by atoms with E-state index >= 15 is 0 Å². The van der Waals surface area contributed by atoms with E-state index in [4.69, 9.17) is 9.26 Å². The maximum Gasteiger partial charge on any atom is 0.273 e. The van der Waals surface area contributed by atoms with E-state index in [0.717, 1.165) is 22.7 Å². The summed E-state index contributed by atoms with van der Waals surface area (Å²) in [5.41, 5.74) is 4.14. The van der Waals surface area contributed by atoms with Crippen LogP contribution in [0.3, 0.4) is 0 Å². The van der Waals surface area contributed by atoms with Gasteiger partial charge in [0, 0.05) is 11.3 Å². The topological polar surface area (TPSA) is 82.2 Å². The molecular formula is C21H26N4O3. The molecule has 28 heavy (non-hydrogen) atoms. The van der Waals surface area contributed by atoms with Crippen molar-refractivity contribution in [2.45, 2.75) is 47.3 Å². The Labute approximate surface area is 164 Å². The quantitative estimate of drug-likeness (QED) is 0.678. The molecule has 1 atom stereocenters. The monoisotopic (exact) mass is 382 g/mol. The number of carbonyl (C=O) groups is 1. The van der Waals surface area contributed by atoms with Crippen molar-refractivity contribution in [3.05, 3.63) is 64.3 Å². The molecule has 1 aromatic carbocycles. The molecule has 1 amide bonds. The molecule has 3 rings (SSSR count). The van der Waals surface area contributed by atoms with E-state index in [1.54, 1.807) is 6.92 Å². The summed E-state index contributed by atoms with van der Waals surface area (Å²) in [5, 5.41) is 11.3. The number of aryl methyl sites for hydroxylation is 4. The molecule has 7 nitrogen and oxygen atoms in total. The maximum absolute atomic E-state index is 12.6. The lowest BCUT2D eigenvalue weighted by atomic mass is 10.2. The summed E-state index contributed by atoms with van der Waals surface area (Å²) in [6, 6.07) is 9.81. The minimum atomic E-state index is -0.285. The highest BCUT2D eigenvalue weighted by Crippen LogP contribution is 2.17. The zero-order chi connectivity index (χ0) is 20.3. The number of amides is 1. The van der Waals surface area contributed by atoms with Gasteiger partial charge in [-0.05, 0) is 52.8 Å². The van der Waals surface area contributed by atoms with Crippen LogP contribution in [0.25, 0.3) is 0 Å². The van der Waals surface area contributed by atoms with Crippen LogP contribution >= 0.6 is 0 Å². The highest BCUT2D eigenvalue weighted by atomic mass is 16.5. The largest absolute Gasteiger partial charge is 0.489 e. The normalized spacial score (nSPS) is 12.0. The Morgan fingerprint density at radius 3 is 2.57 bits per heavy atom. The smallest absolute Gasteiger partial charge is 0.273 e. The summed E-state index contributed by atoms with van der Waals surface area (Å²) in [6.45, 7) is 10.4. The highest BCUT2D eigenvalue weighted by molar-refractivity contribution is 5.93. The van der Waals surface area contributed by atoms with Gasteiger partial charge in [0.25, 0.3) is 5.91 Å². The van der Waals surface area contributed by atoms with E-state index < -0.39 is 0 Å². The molecule has 0 spiro atoms. The van der Waals surface area contributed by atoms with E-state index in [1.807, 2.05) is 62.7 Å². The molecular weight excluding hydrogens is 356 g/mol. The molecule has 7 heteroatoms. The Balaban J connectivity index is 1.63. The first kappa shape index (κ1) is 19.7. The Kier molecular flexibility index (Phi) is 5.82. The van der Waals surface area contributed by atoms with Gasteiger partial charge < -0.3 is 14.6 Å². The zero-order valence-electron chi connectivity index (χ0n) is 16.9. The number of aromatic nitrogens is 3. The molecule has 0 aliphatic heterocycles. The van der Waals surface area contributed by atoms with Crippen molar-refractivity contribution in [3.8, 4) is 5.75 Å². The summed E-state index contributed by atoms with van der Waals surface area (Å²) < 4.78 is 12.9. The van der Waals surface area contributed by atoms with Crippen LogP contribution in [0.1, 0.15) is 45.7 Å². The SMILES string of the molecule is Cc1ccc(OC(C)CNC(=O)c2noc(C)c2Cn2nc(C)cc2C)cc1.